The van der Waals surface area contributed by atoms with E-state index in [9.17, 15) is 4.39 Å². The van der Waals surface area contributed by atoms with Crippen molar-refractivity contribution in [3.63, 3.8) is 0 Å². The predicted molar refractivity (Wildman–Crippen MR) is 98.1 cm³/mol. The average Bonchev–Trinajstić information content (AvgIpc) is 2.66. The summed E-state index contributed by atoms with van der Waals surface area (Å²) in [6.45, 7) is 2.77. The lowest BCUT2D eigenvalue weighted by Crippen LogP contribution is -2.15. The molecule has 1 fully saturated rings. The van der Waals surface area contributed by atoms with Gasteiger partial charge >= 0.3 is 0 Å². The summed E-state index contributed by atoms with van der Waals surface area (Å²) in [7, 11) is 0. The van der Waals surface area contributed by atoms with Crippen LogP contribution in [-0.2, 0) is 6.42 Å². The lowest BCUT2D eigenvalue weighted by Gasteiger charge is -2.21. The molecule has 25 heavy (non-hydrogen) atoms. The van der Waals surface area contributed by atoms with E-state index in [0.717, 1.165) is 24.8 Å². The molecule has 3 rings (SSSR count). The van der Waals surface area contributed by atoms with Crippen molar-refractivity contribution in [3.05, 3.63) is 42.0 Å². The highest BCUT2D eigenvalue weighted by molar-refractivity contribution is 5.56. The summed E-state index contributed by atoms with van der Waals surface area (Å²) in [4.78, 5) is 8.75. The Labute approximate surface area is 149 Å². The van der Waals surface area contributed by atoms with E-state index in [1.165, 1.54) is 38.2 Å². The van der Waals surface area contributed by atoms with E-state index in [1.54, 1.807) is 6.07 Å². The molecule has 3 nitrogen and oxygen atoms in total. The zero-order valence-electron chi connectivity index (χ0n) is 15.0. The van der Waals surface area contributed by atoms with Crippen molar-refractivity contribution in [2.75, 3.05) is 6.61 Å². The van der Waals surface area contributed by atoms with Gasteiger partial charge < -0.3 is 4.74 Å². The van der Waals surface area contributed by atoms with Gasteiger partial charge in [-0.2, -0.15) is 0 Å². The third-order valence-electron chi connectivity index (χ3n) is 4.91. The molecule has 1 saturated carbocycles. The monoisotopic (exact) mass is 342 g/mol. The number of hydrogen-bond donors (Lipinski definition) is 0. The highest BCUT2D eigenvalue weighted by Gasteiger charge is 2.15. The maximum absolute atomic E-state index is 14.4. The summed E-state index contributed by atoms with van der Waals surface area (Å²) >= 11 is 0. The van der Waals surface area contributed by atoms with Crippen molar-refractivity contribution in [2.45, 2.75) is 58.3 Å². The minimum absolute atomic E-state index is 0.328. The first-order chi connectivity index (χ1) is 12.3. The summed E-state index contributed by atoms with van der Waals surface area (Å²) in [5.41, 5.74) is 1.81. The second-order valence-electron chi connectivity index (χ2n) is 6.98. The zero-order valence-corrected chi connectivity index (χ0v) is 15.0. The van der Waals surface area contributed by atoms with E-state index in [1.807, 2.05) is 18.5 Å². The van der Waals surface area contributed by atoms with Crippen molar-refractivity contribution in [3.8, 4) is 17.1 Å². The second kappa shape index (κ2) is 8.93. The molecule has 0 aliphatic heterocycles. The van der Waals surface area contributed by atoms with Crippen LogP contribution < -0.4 is 4.74 Å². The van der Waals surface area contributed by atoms with Gasteiger partial charge in [-0.25, -0.2) is 14.4 Å². The van der Waals surface area contributed by atoms with E-state index in [2.05, 4.69) is 16.9 Å². The minimum atomic E-state index is -0.341. The van der Waals surface area contributed by atoms with Gasteiger partial charge in [-0.3, -0.25) is 0 Å². The Kier molecular flexibility index (Phi) is 6.37. The fourth-order valence-electron chi connectivity index (χ4n) is 3.33. The largest absolute Gasteiger partial charge is 0.490 e. The Morgan fingerprint density at radius 2 is 1.88 bits per heavy atom. The highest BCUT2D eigenvalue weighted by atomic mass is 19.1. The summed E-state index contributed by atoms with van der Waals surface area (Å²) in [6.07, 6.45) is 13.2. The van der Waals surface area contributed by atoms with Crippen LogP contribution in [0.5, 0.6) is 5.75 Å². The fourth-order valence-corrected chi connectivity index (χ4v) is 3.33. The van der Waals surface area contributed by atoms with Crippen LogP contribution in [0, 0.1) is 11.7 Å². The summed E-state index contributed by atoms with van der Waals surface area (Å²) in [6, 6.07) is 5.00. The first kappa shape index (κ1) is 17.8. The topological polar surface area (TPSA) is 35.0 Å². The van der Waals surface area contributed by atoms with Crippen LogP contribution in [0.2, 0.25) is 0 Å². The van der Waals surface area contributed by atoms with E-state index in [0.29, 0.717) is 29.7 Å². The molecular weight excluding hydrogens is 315 g/mol. The van der Waals surface area contributed by atoms with Crippen LogP contribution in [0.25, 0.3) is 11.4 Å². The van der Waals surface area contributed by atoms with E-state index >= 15 is 0 Å². The predicted octanol–water partition coefficient (Wildman–Crippen LogP) is 5.58. The number of aromatic nitrogens is 2. The lowest BCUT2D eigenvalue weighted by atomic mass is 9.90. The first-order valence-corrected chi connectivity index (χ1v) is 9.50. The SMILES string of the molecule is CCCCc1cnc(-c2ccc(OCC3CCCCC3)c(F)c2)nc1. The molecule has 0 atom stereocenters. The Morgan fingerprint density at radius 3 is 2.56 bits per heavy atom. The molecule has 1 aliphatic carbocycles. The zero-order chi connectivity index (χ0) is 17.5. The van der Waals surface area contributed by atoms with Crippen LogP contribution in [0.4, 0.5) is 4.39 Å². The Hall–Kier alpha value is -1.97. The summed E-state index contributed by atoms with van der Waals surface area (Å²) < 4.78 is 20.1. The Bertz CT molecular complexity index is 666. The third-order valence-corrected chi connectivity index (χ3v) is 4.91. The molecule has 0 radical (unpaired) electrons. The maximum Gasteiger partial charge on any atom is 0.165 e. The van der Waals surface area contributed by atoms with Crippen molar-refractivity contribution in [2.24, 2.45) is 5.92 Å². The van der Waals surface area contributed by atoms with Gasteiger partial charge in [-0.05, 0) is 55.4 Å². The molecular formula is C21H27FN2O. The van der Waals surface area contributed by atoms with Gasteiger partial charge in [0.05, 0.1) is 6.61 Å². The molecule has 0 bridgehead atoms. The van der Waals surface area contributed by atoms with Crippen molar-refractivity contribution in [1.29, 1.82) is 0 Å². The molecule has 4 heteroatoms. The minimum Gasteiger partial charge on any atom is -0.490 e. The number of benzene rings is 1. The van der Waals surface area contributed by atoms with Gasteiger partial charge in [-0.15, -0.1) is 0 Å². The number of nitrogens with zero attached hydrogens (tertiary/aromatic N) is 2. The van der Waals surface area contributed by atoms with Crippen molar-refractivity contribution >= 4 is 0 Å². The van der Waals surface area contributed by atoms with E-state index in [4.69, 9.17) is 4.74 Å². The molecule has 0 spiro atoms. The number of rotatable bonds is 7. The number of aryl methyl sites for hydroxylation is 1. The average molecular weight is 342 g/mol. The molecule has 1 heterocycles. The van der Waals surface area contributed by atoms with Crippen molar-refractivity contribution < 1.29 is 9.13 Å². The van der Waals surface area contributed by atoms with Crippen LogP contribution in [0.3, 0.4) is 0 Å². The second-order valence-corrected chi connectivity index (χ2v) is 6.98. The molecule has 2 aromatic rings. The molecule has 0 unspecified atom stereocenters. The van der Waals surface area contributed by atoms with Crippen LogP contribution in [-0.4, -0.2) is 16.6 Å². The van der Waals surface area contributed by atoms with E-state index in [-0.39, 0.29) is 5.82 Å². The third kappa shape index (κ3) is 5.00. The summed E-state index contributed by atoms with van der Waals surface area (Å²) in [5.74, 6) is 1.10. The van der Waals surface area contributed by atoms with Crippen LogP contribution in [0.15, 0.2) is 30.6 Å². The van der Waals surface area contributed by atoms with Gasteiger partial charge in [0.1, 0.15) is 0 Å². The molecule has 1 aliphatic rings. The first-order valence-electron chi connectivity index (χ1n) is 9.50. The maximum atomic E-state index is 14.4. The van der Waals surface area contributed by atoms with Gasteiger partial charge in [-0.1, -0.05) is 32.6 Å². The number of hydrogen-bond acceptors (Lipinski definition) is 3. The highest BCUT2D eigenvalue weighted by Crippen LogP contribution is 2.27. The van der Waals surface area contributed by atoms with Gasteiger partial charge in [0.25, 0.3) is 0 Å². The number of halogens is 1. The van der Waals surface area contributed by atoms with Gasteiger partial charge in [0.15, 0.2) is 17.4 Å². The van der Waals surface area contributed by atoms with Gasteiger partial charge in [0.2, 0.25) is 0 Å². The molecule has 1 aromatic heterocycles. The molecule has 0 saturated heterocycles. The van der Waals surface area contributed by atoms with E-state index < -0.39 is 0 Å². The molecule has 1 aromatic carbocycles. The standard InChI is InChI=1S/C21H27FN2O/c1-2-3-7-17-13-23-21(24-14-17)18-10-11-20(19(22)12-18)25-15-16-8-5-4-6-9-16/h10-14,16H,2-9,15H2,1H3. The normalized spacial score (nSPS) is 15.3. The van der Waals surface area contributed by atoms with Crippen LogP contribution in [0.1, 0.15) is 57.4 Å². The molecule has 0 N–H and O–H groups in total. The van der Waals surface area contributed by atoms with Crippen LogP contribution >= 0.6 is 0 Å². The Balaban J connectivity index is 1.62. The number of unbranched alkanes of at least 4 members (excludes halogenated alkanes) is 1. The molecule has 134 valence electrons. The Morgan fingerprint density at radius 1 is 1.12 bits per heavy atom. The quantitative estimate of drug-likeness (QED) is 0.658. The lowest BCUT2D eigenvalue weighted by molar-refractivity contribution is 0.202. The molecule has 0 amide bonds. The van der Waals surface area contributed by atoms with Crippen molar-refractivity contribution in [1.82, 2.24) is 9.97 Å². The fraction of sp³-hybridized carbons (Fsp3) is 0.524. The summed E-state index contributed by atoms with van der Waals surface area (Å²) in [5, 5.41) is 0. The number of ether oxygens (including phenoxy) is 1. The smallest absolute Gasteiger partial charge is 0.165 e. The van der Waals surface area contributed by atoms with Gasteiger partial charge in [0, 0.05) is 18.0 Å².